The van der Waals surface area contributed by atoms with Crippen molar-refractivity contribution in [1.82, 2.24) is 0 Å². The fourth-order valence-corrected chi connectivity index (χ4v) is 2.99. The number of methoxy groups -OCH3 is 1. The summed E-state index contributed by atoms with van der Waals surface area (Å²) in [7, 11) is 1.58. The molecule has 0 fully saturated rings. The van der Waals surface area contributed by atoms with Gasteiger partial charge < -0.3 is 14.2 Å². The third-order valence-corrected chi connectivity index (χ3v) is 4.19. The Hall–Kier alpha value is -2.47. The van der Waals surface area contributed by atoms with Gasteiger partial charge in [-0.15, -0.1) is 0 Å². The molecule has 140 valence electrons. The van der Waals surface area contributed by atoms with Gasteiger partial charge in [0.2, 0.25) is 0 Å². The molecule has 1 unspecified atom stereocenters. The van der Waals surface area contributed by atoms with Crippen molar-refractivity contribution in [3.05, 3.63) is 41.5 Å². The molecule has 6 heteroatoms. The molecule has 6 nitrogen and oxygen atoms in total. The molecule has 1 heterocycles. The van der Waals surface area contributed by atoms with Crippen LogP contribution in [0.5, 0.6) is 0 Å². The number of carbonyl (C=O) groups excluding carboxylic acids is 2. The Kier molecular flexibility index (Phi) is 6.69. The summed E-state index contributed by atoms with van der Waals surface area (Å²) in [6, 6.07) is 9.24. The van der Waals surface area contributed by atoms with E-state index in [0.717, 1.165) is 5.56 Å². The molecule has 0 saturated carbocycles. The zero-order valence-electron chi connectivity index (χ0n) is 15.7. The standard InChI is InChI=1S/C20H25NO5/c1-5-25-18(22)16-15(14-10-8-7-9-11-14)17(19(23)26-6-2)21-20(16,3)12-13-24-4/h7-11H,5-6,12-13H2,1-4H3. The molecule has 1 aromatic carbocycles. The Labute approximate surface area is 153 Å². The molecule has 1 aromatic rings. The number of aliphatic imine (C=N–C) groups is 1. The van der Waals surface area contributed by atoms with E-state index in [4.69, 9.17) is 14.2 Å². The monoisotopic (exact) mass is 359 g/mol. The van der Waals surface area contributed by atoms with E-state index in [0.29, 0.717) is 24.2 Å². The second-order valence-corrected chi connectivity index (χ2v) is 6.03. The quantitative estimate of drug-likeness (QED) is 0.667. The lowest BCUT2D eigenvalue weighted by Gasteiger charge is -2.24. The number of carbonyl (C=O) groups is 2. The van der Waals surface area contributed by atoms with E-state index in [2.05, 4.69) is 4.99 Å². The van der Waals surface area contributed by atoms with Crippen LogP contribution in [0.3, 0.4) is 0 Å². The van der Waals surface area contributed by atoms with Crippen molar-refractivity contribution in [1.29, 1.82) is 0 Å². The molecule has 0 spiro atoms. The van der Waals surface area contributed by atoms with Crippen LogP contribution in [0.1, 0.15) is 32.8 Å². The van der Waals surface area contributed by atoms with Crippen LogP contribution in [0.4, 0.5) is 0 Å². The highest BCUT2D eigenvalue weighted by Gasteiger charge is 2.45. The molecular weight excluding hydrogens is 334 g/mol. The van der Waals surface area contributed by atoms with E-state index < -0.39 is 17.5 Å². The maximum Gasteiger partial charge on any atom is 0.357 e. The lowest BCUT2D eigenvalue weighted by atomic mass is 9.85. The van der Waals surface area contributed by atoms with Crippen LogP contribution < -0.4 is 0 Å². The highest BCUT2D eigenvalue weighted by Crippen LogP contribution is 2.40. The molecule has 1 aliphatic rings. The van der Waals surface area contributed by atoms with Gasteiger partial charge in [0, 0.05) is 25.7 Å². The topological polar surface area (TPSA) is 74.2 Å². The van der Waals surface area contributed by atoms with Crippen LogP contribution in [0.15, 0.2) is 40.9 Å². The summed E-state index contributed by atoms with van der Waals surface area (Å²) in [4.78, 5) is 29.9. The zero-order chi connectivity index (χ0) is 19.2. The van der Waals surface area contributed by atoms with E-state index in [1.807, 2.05) is 37.3 Å². The Balaban J connectivity index is 2.67. The first-order chi connectivity index (χ1) is 12.5. The second-order valence-electron chi connectivity index (χ2n) is 6.03. The summed E-state index contributed by atoms with van der Waals surface area (Å²) in [5, 5.41) is 0. The van der Waals surface area contributed by atoms with Crippen molar-refractivity contribution < 1.29 is 23.8 Å². The number of ether oxygens (including phenoxy) is 3. The molecular formula is C20H25NO5. The molecule has 0 bridgehead atoms. The molecule has 0 saturated heterocycles. The minimum absolute atomic E-state index is 0.153. The van der Waals surface area contributed by atoms with Gasteiger partial charge in [-0.05, 0) is 26.3 Å². The first-order valence-corrected chi connectivity index (χ1v) is 8.72. The predicted octanol–water partition coefficient (Wildman–Crippen LogP) is 2.82. The Morgan fingerprint density at radius 3 is 2.23 bits per heavy atom. The highest BCUT2D eigenvalue weighted by molar-refractivity contribution is 6.57. The Bertz CT molecular complexity index is 723. The number of hydrogen-bond acceptors (Lipinski definition) is 6. The van der Waals surface area contributed by atoms with Crippen molar-refractivity contribution in [2.45, 2.75) is 32.7 Å². The van der Waals surface area contributed by atoms with Gasteiger partial charge in [-0.1, -0.05) is 30.3 Å². The van der Waals surface area contributed by atoms with Crippen LogP contribution in [0, 0.1) is 0 Å². The van der Waals surface area contributed by atoms with Crippen LogP contribution in [-0.2, 0) is 23.8 Å². The van der Waals surface area contributed by atoms with E-state index in [1.165, 1.54) is 0 Å². The summed E-state index contributed by atoms with van der Waals surface area (Å²) in [6.07, 6.45) is 0.441. The lowest BCUT2D eigenvalue weighted by molar-refractivity contribution is -0.139. The molecule has 0 N–H and O–H groups in total. The molecule has 0 aliphatic carbocycles. The van der Waals surface area contributed by atoms with Crippen molar-refractivity contribution in [2.24, 2.45) is 4.99 Å². The van der Waals surface area contributed by atoms with E-state index in [9.17, 15) is 9.59 Å². The van der Waals surface area contributed by atoms with Gasteiger partial charge in [0.05, 0.1) is 24.3 Å². The largest absolute Gasteiger partial charge is 0.463 e. The Morgan fingerprint density at radius 1 is 1.04 bits per heavy atom. The van der Waals surface area contributed by atoms with E-state index >= 15 is 0 Å². The average Bonchev–Trinajstić information content (AvgIpc) is 2.95. The SMILES string of the molecule is CCOC(=O)C1=NC(C)(CCOC)C(C(=O)OCC)=C1c1ccccc1. The number of hydrogen-bond donors (Lipinski definition) is 0. The third kappa shape index (κ3) is 4.02. The first kappa shape index (κ1) is 19.8. The van der Waals surface area contributed by atoms with Gasteiger partial charge >= 0.3 is 11.9 Å². The van der Waals surface area contributed by atoms with Gasteiger partial charge in [0.15, 0.2) is 5.71 Å². The van der Waals surface area contributed by atoms with E-state index in [-0.39, 0.29) is 18.9 Å². The van der Waals surface area contributed by atoms with Crippen LogP contribution >= 0.6 is 0 Å². The summed E-state index contributed by atoms with van der Waals surface area (Å²) >= 11 is 0. The molecule has 0 radical (unpaired) electrons. The van der Waals surface area contributed by atoms with Gasteiger partial charge in [0.25, 0.3) is 0 Å². The molecule has 1 atom stereocenters. The molecule has 0 aromatic heterocycles. The summed E-state index contributed by atoms with van der Waals surface area (Å²) in [5.41, 5.74) is 0.796. The predicted molar refractivity (Wildman–Crippen MR) is 99.0 cm³/mol. The van der Waals surface area contributed by atoms with Crippen LogP contribution in [0.25, 0.3) is 5.57 Å². The highest BCUT2D eigenvalue weighted by atomic mass is 16.5. The Morgan fingerprint density at radius 2 is 1.65 bits per heavy atom. The lowest BCUT2D eigenvalue weighted by Crippen LogP contribution is -2.30. The fourth-order valence-electron chi connectivity index (χ4n) is 2.99. The molecule has 2 rings (SSSR count). The minimum Gasteiger partial charge on any atom is -0.463 e. The second kappa shape index (κ2) is 8.76. The third-order valence-electron chi connectivity index (χ3n) is 4.19. The molecule has 26 heavy (non-hydrogen) atoms. The van der Waals surface area contributed by atoms with Gasteiger partial charge in [-0.25, -0.2) is 9.59 Å². The van der Waals surface area contributed by atoms with Crippen LogP contribution in [0.2, 0.25) is 0 Å². The first-order valence-electron chi connectivity index (χ1n) is 8.72. The minimum atomic E-state index is -0.921. The van der Waals surface area contributed by atoms with Gasteiger partial charge in [0.1, 0.15) is 0 Å². The van der Waals surface area contributed by atoms with Gasteiger partial charge in [-0.2, -0.15) is 0 Å². The summed E-state index contributed by atoms with van der Waals surface area (Å²) in [6.45, 7) is 6.14. The summed E-state index contributed by atoms with van der Waals surface area (Å²) < 4.78 is 15.6. The van der Waals surface area contributed by atoms with Crippen molar-refractivity contribution in [3.8, 4) is 0 Å². The van der Waals surface area contributed by atoms with Crippen LogP contribution in [-0.4, -0.2) is 50.1 Å². The zero-order valence-corrected chi connectivity index (χ0v) is 15.7. The molecule has 0 amide bonds. The average molecular weight is 359 g/mol. The number of rotatable bonds is 8. The van der Waals surface area contributed by atoms with E-state index in [1.54, 1.807) is 21.0 Å². The maximum absolute atomic E-state index is 12.8. The fraction of sp³-hybridized carbons (Fsp3) is 0.450. The number of nitrogens with zero attached hydrogens (tertiary/aromatic N) is 1. The number of benzene rings is 1. The summed E-state index contributed by atoms with van der Waals surface area (Å²) in [5.74, 6) is -1.03. The van der Waals surface area contributed by atoms with Gasteiger partial charge in [-0.3, -0.25) is 4.99 Å². The number of esters is 2. The van der Waals surface area contributed by atoms with Crippen molar-refractivity contribution in [2.75, 3.05) is 26.9 Å². The van der Waals surface area contributed by atoms with Crippen molar-refractivity contribution >= 4 is 23.2 Å². The normalized spacial score (nSPS) is 19.3. The van der Waals surface area contributed by atoms with Crippen molar-refractivity contribution in [3.63, 3.8) is 0 Å². The maximum atomic E-state index is 12.8. The smallest absolute Gasteiger partial charge is 0.357 e. The molecule has 1 aliphatic heterocycles.